The largest absolute Gasteiger partial charge is 0.462 e. The second-order valence-corrected chi connectivity index (χ2v) is 23.1. The van der Waals surface area contributed by atoms with E-state index in [0.717, 1.165) is 128 Å². The minimum atomic E-state index is -0.789. The van der Waals surface area contributed by atoms with Crippen LogP contribution in [0.2, 0.25) is 0 Å². The van der Waals surface area contributed by atoms with Gasteiger partial charge in [0.1, 0.15) is 13.2 Å². The van der Waals surface area contributed by atoms with E-state index in [1.807, 2.05) is 0 Å². The van der Waals surface area contributed by atoms with Crippen LogP contribution in [0, 0.1) is 0 Å². The Morgan fingerprint density at radius 1 is 0.253 bits per heavy atom. The van der Waals surface area contributed by atoms with Gasteiger partial charge in [-0.2, -0.15) is 0 Å². The van der Waals surface area contributed by atoms with Gasteiger partial charge < -0.3 is 14.2 Å². The van der Waals surface area contributed by atoms with Gasteiger partial charge in [-0.05, 0) is 116 Å². The third kappa shape index (κ3) is 68.5. The number of ether oxygens (including phenoxy) is 3. The van der Waals surface area contributed by atoms with Crippen molar-refractivity contribution >= 4 is 17.9 Å². The Morgan fingerprint density at radius 2 is 0.470 bits per heavy atom. The van der Waals surface area contributed by atoms with E-state index in [2.05, 4.69) is 142 Å². The molecule has 0 rings (SSSR count). The third-order valence-corrected chi connectivity index (χ3v) is 15.0. The maximum atomic E-state index is 12.9. The Kier molecular flexibility index (Phi) is 66.7. The highest BCUT2D eigenvalue weighted by atomic mass is 16.6. The lowest BCUT2D eigenvalue weighted by molar-refractivity contribution is -0.167. The molecule has 0 N–H and O–H groups in total. The van der Waals surface area contributed by atoms with E-state index >= 15 is 0 Å². The van der Waals surface area contributed by atoms with E-state index in [4.69, 9.17) is 14.2 Å². The number of hydrogen-bond acceptors (Lipinski definition) is 6. The van der Waals surface area contributed by atoms with Gasteiger partial charge in [-0.1, -0.05) is 316 Å². The molecule has 0 aliphatic rings. The van der Waals surface area contributed by atoms with Gasteiger partial charge in [0.15, 0.2) is 6.10 Å². The van der Waals surface area contributed by atoms with Gasteiger partial charge in [-0.15, -0.1) is 0 Å². The summed E-state index contributed by atoms with van der Waals surface area (Å²) >= 11 is 0. The lowest BCUT2D eigenvalue weighted by atomic mass is 10.0. The topological polar surface area (TPSA) is 78.9 Å². The summed E-state index contributed by atoms with van der Waals surface area (Å²) in [6, 6.07) is 0. The van der Waals surface area contributed by atoms with E-state index < -0.39 is 6.10 Å². The van der Waals surface area contributed by atoms with Crippen molar-refractivity contribution in [1.82, 2.24) is 0 Å². The fourth-order valence-electron chi connectivity index (χ4n) is 9.73. The summed E-state index contributed by atoms with van der Waals surface area (Å²) in [4.78, 5) is 38.4. The first-order valence-electron chi connectivity index (χ1n) is 35.0. The van der Waals surface area contributed by atoms with Crippen molar-refractivity contribution in [2.75, 3.05) is 13.2 Å². The molecule has 474 valence electrons. The SMILES string of the molecule is CC/C=C\C/C=C\C/C=C\C/C=C\C/C=C\C/C=C\C/C=C\C/C=C\CCCCCCCCC(=O)OCC(COC(=O)CCCCCCCCCCCCCCC)OC(=O)CCCCCCCCCCC/C=C\C/C=C\CCCCCCC. The zero-order valence-corrected chi connectivity index (χ0v) is 54.4. The average molecular weight is 1150 g/mol. The van der Waals surface area contributed by atoms with Crippen LogP contribution < -0.4 is 0 Å². The molecule has 0 aromatic rings. The van der Waals surface area contributed by atoms with Crippen LogP contribution >= 0.6 is 0 Å². The number of unbranched alkanes of at least 4 members (excludes halogenated alkanes) is 32. The Bertz CT molecular complexity index is 1700. The van der Waals surface area contributed by atoms with E-state index in [0.29, 0.717) is 19.3 Å². The summed E-state index contributed by atoms with van der Waals surface area (Å²) in [5, 5.41) is 0. The molecular weight excluding hydrogens is 1020 g/mol. The molecule has 0 aliphatic carbocycles. The van der Waals surface area contributed by atoms with Gasteiger partial charge in [-0.3, -0.25) is 14.4 Å². The van der Waals surface area contributed by atoms with Crippen molar-refractivity contribution in [2.24, 2.45) is 0 Å². The molecule has 0 bridgehead atoms. The normalized spacial score (nSPS) is 12.9. The molecule has 0 amide bonds. The predicted molar refractivity (Wildman–Crippen MR) is 362 cm³/mol. The number of allylic oxidation sites excluding steroid dienone is 20. The quantitative estimate of drug-likeness (QED) is 0.0261. The predicted octanol–water partition coefficient (Wildman–Crippen LogP) is 24.3. The maximum Gasteiger partial charge on any atom is 0.306 e. The molecule has 1 atom stereocenters. The van der Waals surface area contributed by atoms with Crippen LogP contribution in [0.25, 0.3) is 0 Å². The molecule has 83 heavy (non-hydrogen) atoms. The van der Waals surface area contributed by atoms with Crippen LogP contribution in [0.1, 0.15) is 329 Å². The van der Waals surface area contributed by atoms with Gasteiger partial charge in [-0.25, -0.2) is 0 Å². The van der Waals surface area contributed by atoms with Crippen molar-refractivity contribution in [3.8, 4) is 0 Å². The smallest absolute Gasteiger partial charge is 0.306 e. The van der Waals surface area contributed by atoms with Gasteiger partial charge in [0.05, 0.1) is 0 Å². The summed E-state index contributed by atoms with van der Waals surface area (Å²) in [6.45, 7) is 6.53. The minimum absolute atomic E-state index is 0.0831. The van der Waals surface area contributed by atoms with Crippen molar-refractivity contribution in [3.63, 3.8) is 0 Å². The molecule has 0 aromatic heterocycles. The Balaban J connectivity index is 4.34. The molecule has 0 heterocycles. The summed E-state index contributed by atoms with van der Waals surface area (Å²) in [7, 11) is 0. The van der Waals surface area contributed by atoms with E-state index in [9.17, 15) is 14.4 Å². The fraction of sp³-hybridized carbons (Fsp3) is 0.701. The molecule has 0 spiro atoms. The Morgan fingerprint density at radius 3 is 0.735 bits per heavy atom. The van der Waals surface area contributed by atoms with Crippen LogP contribution in [0.3, 0.4) is 0 Å². The van der Waals surface area contributed by atoms with Crippen molar-refractivity contribution in [1.29, 1.82) is 0 Å². The van der Waals surface area contributed by atoms with Crippen LogP contribution in [-0.2, 0) is 28.6 Å². The van der Waals surface area contributed by atoms with E-state index in [1.165, 1.54) is 161 Å². The summed E-state index contributed by atoms with van der Waals surface area (Å²) in [5.41, 5.74) is 0. The molecule has 0 saturated carbocycles. The highest BCUT2D eigenvalue weighted by molar-refractivity contribution is 5.71. The van der Waals surface area contributed by atoms with E-state index in [1.54, 1.807) is 0 Å². The third-order valence-electron chi connectivity index (χ3n) is 15.0. The average Bonchev–Trinajstić information content (AvgIpc) is 3.49. The number of esters is 3. The van der Waals surface area contributed by atoms with Crippen LogP contribution in [-0.4, -0.2) is 37.2 Å². The second-order valence-electron chi connectivity index (χ2n) is 23.1. The first kappa shape index (κ1) is 78.8. The molecular formula is C77H130O6. The Labute approximate surface area is 513 Å². The second kappa shape index (κ2) is 70.3. The number of rotatable bonds is 63. The van der Waals surface area contributed by atoms with Gasteiger partial charge in [0.2, 0.25) is 0 Å². The maximum absolute atomic E-state index is 12.9. The first-order valence-corrected chi connectivity index (χ1v) is 35.0. The number of carbonyl (C=O) groups excluding carboxylic acids is 3. The van der Waals surface area contributed by atoms with Gasteiger partial charge in [0.25, 0.3) is 0 Å². The molecule has 0 aromatic carbocycles. The minimum Gasteiger partial charge on any atom is -0.462 e. The van der Waals surface area contributed by atoms with Crippen LogP contribution in [0.15, 0.2) is 122 Å². The molecule has 0 saturated heterocycles. The zero-order chi connectivity index (χ0) is 59.9. The standard InChI is InChI=1S/C77H130O6/c1-4-7-10-13-16-19-22-25-27-29-31-33-34-35-36-37-38-39-40-41-42-44-45-47-49-52-55-58-61-64-67-70-76(79)82-73-74(72-81-75(78)69-66-63-60-57-54-51-24-21-18-15-12-9-6-3)83-77(80)71-68-65-62-59-56-53-50-48-46-43-32-30-28-26-23-20-17-14-11-8-5-2/h7,10,16,19,23,25-27,30-33,35-36,38-39,41-42,45,47,74H,4-6,8-9,11-15,17-18,20-22,24,28-29,34,37,40,43-44,46,48-73H2,1-3H3/b10-7-,19-16-,26-23-,27-25-,32-30-,33-31-,36-35-,39-38-,42-41-,47-45-. The van der Waals surface area contributed by atoms with Crippen molar-refractivity contribution in [2.45, 2.75) is 335 Å². The van der Waals surface area contributed by atoms with Crippen LogP contribution in [0.5, 0.6) is 0 Å². The molecule has 0 fully saturated rings. The molecule has 0 aliphatic heterocycles. The lowest BCUT2D eigenvalue weighted by Gasteiger charge is -2.18. The van der Waals surface area contributed by atoms with Crippen molar-refractivity contribution in [3.05, 3.63) is 122 Å². The number of hydrogen-bond donors (Lipinski definition) is 0. The van der Waals surface area contributed by atoms with Gasteiger partial charge in [0, 0.05) is 19.3 Å². The Hall–Kier alpha value is -4.19. The summed E-state index contributed by atoms with van der Waals surface area (Å²) in [6.07, 6.45) is 97.8. The molecule has 1 unspecified atom stereocenters. The van der Waals surface area contributed by atoms with Crippen LogP contribution in [0.4, 0.5) is 0 Å². The van der Waals surface area contributed by atoms with Crippen molar-refractivity contribution < 1.29 is 28.6 Å². The number of carbonyl (C=O) groups is 3. The highest BCUT2D eigenvalue weighted by Gasteiger charge is 2.19. The highest BCUT2D eigenvalue weighted by Crippen LogP contribution is 2.16. The van der Waals surface area contributed by atoms with Gasteiger partial charge >= 0.3 is 17.9 Å². The molecule has 6 nitrogen and oxygen atoms in total. The molecule has 6 heteroatoms. The monoisotopic (exact) mass is 1150 g/mol. The zero-order valence-electron chi connectivity index (χ0n) is 54.4. The lowest BCUT2D eigenvalue weighted by Crippen LogP contribution is -2.30. The molecule has 0 radical (unpaired) electrons. The summed E-state index contributed by atoms with van der Waals surface area (Å²) < 4.78 is 17.0. The summed E-state index contributed by atoms with van der Waals surface area (Å²) in [5.74, 6) is -0.892. The van der Waals surface area contributed by atoms with E-state index in [-0.39, 0.29) is 31.1 Å². The fourth-order valence-corrected chi connectivity index (χ4v) is 9.73. The first-order chi connectivity index (χ1) is 41.0.